The van der Waals surface area contributed by atoms with Gasteiger partial charge in [-0.15, -0.1) is 0 Å². The first kappa shape index (κ1) is 12.4. The summed E-state index contributed by atoms with van der Waals surface area (Å²) in [5.41, 5.74) is 9.81. The maximum Gasteiger partial charge on any atom is 0.129 e. The van der Waals surface area contributed by atoms with Crippen LogP contribution in [0, 0.1) is 19.7 Å². The van der Waals surface area contributed by atoms with Crippen LogP contribution in [0.4, 0.5) is 15.8 Å². The zero-order valence-corrected chi connectivity index (χ0v) is 10.6. The fourth-order valence-electron chi connectivity index (χ4n) is 1.94. The molecular formula is C15H17FN2. The molecule has 0 fully saturated rings. The van der Waals surface area contributed by atoms with Gasteiger partial charge in [-0.2, -0.15) is 0 Å². The number of anilines is 2. The van der Waals surface area contributed by atoms with Crippen molar-refractivity contribution >= 4 is 11.4 Å². The lowest BCUT2D eigenvalue weighted by Crippen LogP contribution is -2.01. The molecule has 0 amide bonds. The van der Waals surface area contributed by atoms with Crippen LogP contribution in [0.25, 0.3) is 0 Å². The number of aryl methyl sites for hydroxylation is 2. The number of hydrogen-bond acceptors (Lipinski definition) is 2. The third-order valence-corrected chi connectivity index (χ3v) is 2.90. The van der Waals surface area contributed by atoms with Crippen LogP contribution >= 0.6 is 0 Å². The average Bonchev–Trinajstić information content (AvgIpc) is 2.35. The van der Waals surface area contributed by atoms with Crippen LogP contribution in [0.1, 0.15) is 16.7 Å². The van der Waals surface area contributed by atoms with Crippen molar-refractivity contribution in [1.29, 1.82) is 0 Å². The highest BCUT2D eigenvalue weighted by molar-refractivity contribution is 5.51. The van der Waals surface area contributed by atoms with Gasteiger partial charge in [0, 0.05) is 17.9 Å². The number of nitrogens with one attached hydrogen (secondary N) is 1. The molecule has 0 unspecified atom stereocenters. The minimum absolute atomic E-state index is 0.119. The Kier molecular flexibility index (Phi) is 3.51. The van der Waals surface area contributed by atoms with E-state index in [1.54, 1.807) is 13.8 Å². The Morgan fingerprint density at radius 1 is 1.06 bits per heavy atom. The first-order valence-electron chi connectivity index (χ1n) is 5.91. The highest BCUT2D eigenvalue weighted by atomic mass is 19.1. The maximum atomic E-state index is 13.5. The van der Waals surface area contributed by atoms with Gasteiger partial charge in [0.05, 0.1) is 0 Å². The van der Waals surface area contributed by atoms with E-state index in [0.29, 0.717) is 17.7 Å². The number of halogens is 1. The summed E-state index contributed by atoms with van der Waals surface area (Å²) >= 11 is 0. The van der Waals surface area contributed by atoms with Crippen LogP contribution in [0.15, 0.2) is 36.4 Å². The monoisotopic (exact) mass is 244 g/mol. The van der Waals surface area contributed by atoms with Crippen molar-refractivity contribution in [3.8, 4) is 0 Å². The van der Waals surface area contributed by atoms with Crippen molar-refractivity contribution in [1.82, 2.24) is 0 Å². The Labute approximate surface area is 107 Å². The van der Waals surface area contributed by atoms with Gasteiger partial charge < -0.3 is 11.1 Å². The van der Waals surface area contributed by atoms with Crippen molar-refractivity contribution in [3.63, 3.8) is 0 Å². The van der Waals surface area contributed by atoms with E-state index in [0.717, 1.165) is 16.9 Å². The molecule has 0 atom stereocenters. The topological polar surface area (TPSA) is 38.0 Å². The molecule has 0 saturated heterocycles. The number of hydrogen-bond donors (Lipinski definition) is 2. The third-order valence-electron chi connectivity index (χ3n) is 2.90. The average molecular weight is 244 g/mol. The van der Waals surface area contributed by atoms with Crippen LogP contribution in [-0.2, 0) is 6.54 Å². The number of nitrogen functional groups attached to an aromatic ring is 1. The van der Waals surface area contributed by atoms with Gasteiger partial charge in [-0.05, 0) is 54.8 Å². The molecule has 2 nitrogen and oxygen atoms in total. The fourth-order valence-corrected chi connectivity index (χ4v) is 1.94. The molecule has 0 bridgehead atoms. The molecule has 0 aliphatic carbocycles. The van der Waals surface area contributed by atoms with E-state index in [9.17, 15) is 4.39 Å². The largest absolute Gasteiger partial charge is 0.399 e. The second-order valence-electron chi connectivity index (χ2n) is 4.52. The smallest absolute Gasteiger partial charge is 0.129 e. The summed E-state index contributed by atoms with van der Waals surface area (Å²) in [5, 5.41) is 3.28. The summed E-state index contributed by atoms with van der Waals surface area (Å²) in [6, 6.07) is 11.3. The summed E-state index contributed by atoms with van der Waals surface area (Å²) in [7, 11) is 0. The van der Waals surface area contributed by atoms with E-state index in [4.69, 9.17) is 5.73 Å². The number of benzene rings is 2. The summed E-state index contributed by atoms with van der Waals surface area (Å²) in [4.78, 5) is 0. The molecule has 0 aromatic heterocycles. The van der Waals surface area contributed by atoms with E-state index in [1.807, 2.05) is 36.4 Å². The van der Waals surface area contributed by atoms with Gasteiger partial charge in [0.2, 0.25) is 0 Å². The lowest BCUT2D eigenvalue weighted by atomic mass is 10.1. The SMILES string of the molecule is Cc1cc(CNc2ccc(N)cc2)cc(C)c1F. The van der Waals surface area contributed by atoms with Crippen molar-refractivity contribution in [2.24, 2.45) is 0 Å². The van der Waals surface area contributed by atoms with Gasteiger partial charge in [-0.3, -0.25) is 0 Å². The van der Waals surface area contributed by atoms with E-state index in [1.165, 1.54) is 0 Å². The van der Waals surface area contributed by atoms with E-state index in [-0.39, 0.29) is 5.82 Å². The molecule has 2 aromatic rings. The zero-order chi connectivity index (χ0) is 13.1. The molecular weight excluding hydrogens is 227 g/mol. The molecule has 0 radical (unpaired) electrons. The van der Waals surface area contributed by atoms with Crippen LogP contribution in [0.3, 0.4) is 0 Å². The van der Waals surface area contributed by atoms with E-state index >= 15 is 0 Å². The summed E-state index contributed by atoms with van der Waals surface area (Å²) in [6.07, 6.45) is 0. The molecule has 94 valence electrons. The molecule has 3 N–H and O–H groups in total. The third kappa shape index (κ3) is 2.80. The van der Waals surface area contributed by atoms with E-state index in [2.05, 4.69) is 5.32 Å². The molecule has 2 aromatic carbocycles. The first-order chi connectivity index (χ1) is 8.56. The number of rotatable bonds is 3. The van der Waals surface area contributed by atoms with Gasteiger partial charge in [-0.25, -0.2) is 4.39 Å². The second kappa shape index (κ2) is 5.08. The fraction of sp³-hybridized carbons (Fsp3) is 0.200. The van der Waals surface area contributed by atoms with Crippen LogP contribution in [0.5, 0.6) is 0 Å². The minimum Gasteiger partial charge on any atom is -0.399 e. The van der Waals surface area contributed by atoms with E-state index < -0.39 is 0 Å². The number of nitrogens with two attached hydrogens (primary N) is 1. The molecule has 0 heterocycles. The molecule has 0 saturated carbocycles. The van der Waals surface area contributed by atoms with Crippen molar-refractivity contribution in [2.45, 2.75) is 20.4 Å². The first-order valence-corrected chi connectivity index (χ1v) is 5.91. The Bertz CT molecular complexity index is 524. The summed E-state index contributed by atoms with van der Waals surface area (Å²) in [5.74, 6) is -0.119. The highest BCUT2D eigenvalue weighted by Crippen LogP contribution is 2.17. The standard InChI is InChI=1S/C15H17FN2/c1-10-7-12(8-11(2)15(10)16)9-18-14-5-3-13(17)4-6-14/h3-8,18H,9,17H2,1-2H3. The second-order valence-corrected chi connectivity index (χ2v) is 4.52. The molecule has 3 heteroatoms. The molecule has 18 heavy (non-hydrogen) atoms. The van der Waals surface area contributed by atoms with Crippen molar-refractivity contribution < 1.29 is 4.39 Å². The van der Waals surface area contributed by atoms with Gasteiger partial charge in [-0.1, -0.05) is 12.1 Å². The van der Waals surface area contributed by atoms with Crippen molar-refractivity contribution in [2.75, 3.05) is 11.1 Å². The van der Waals surface area contributed by atoms with Crippen molar-refractivity contribution in [3.05, 3.63) is 58.9 Å². The minimum atomic E-state index is -0.119. The molecule has 0 aliphatic heterocycles. The summed E-state index contributed by atoms with van der Waals surface area (Å²) < 4.78 is 13.5. The normalized spacial score (nSPS) is 10.4. The molecule has 0 spiro atoms. The van der Waals surface area contributed by atoms with Crippen LogP contribution in [-0.4, -0.2) is 0 Å². The highest BCUT2D eigenvalue weighted by Gasteiger charge is 2.04. The Morgan fingerprint density at radius 3 is 2.17 bits per heavy atom. The lowest BCUT2D eigenvalue weighted by molar-refractivity contribution is 0.608. The van der Waals surface area contributed by atoms with Gasteiger partial charge in [0.15, 0.2) is 0 Å². The Hall–Kier alpha value is -2.03. The predicted molar refractivity (Wildman–Crippen MR) is 74.1 cm³/mol. The van der Waals surface area contributed by atoms with Crippen LogP contribution < -0.4 is 11.1 Å². The summed E-state index contributed by atoms with van der Waals surface area (Å²) in [6.45, 7) is 4.25. The molecule has 0 aliphatic rings. The van der Waals surface area contributed by atoms with Gasteiger partial charge in [0.25, 0.3) is 0 Å². The Morgan fingerprint density at radius 2 is 1.61 bits per heavy atom. The lowest BCUT2D eigenvalue weighted by Gasteiger charge is -2.09. The van der Waals surface area contributed by atoms with Gasteiger partial charge in [0.1, 0.15) is 5.82 Å². The zero-order valence-electron chi connectivity index (χ0n) is 10.6. The Balaban J connectivity index is 2.08. The van der Waals surface area contributed by atoms with Crippen LogP contribution in [0.2, 0.25) is 0 Å². The predicted octanol–water partition coefficient (Wildman–Crippen LogP) is 3.64. The quantitative estimate of drug-likeness (QED) is 0.809. The maximum absolute atomic E-state index is 13.5. The van der Waals surface area contributed by atoms with Gasteiger partial charge >= 0.3 is 0 Å². The molecule has 2 rings (SSSR count).